The van der Waals surface area contributed by atoms with Gasteiger partial charge in [0.15, 0.2) is 0 Å². The topological polar surface area (TPSA) is 92.9 Å². The fraction of sp³-hybridized carbons (Fsp3) is 0.600. The van der Waals surface area contributed by atoms with Crippen LogP contribution >= 0.6 is 0 Å². The quantitative estimate of drug-likeness (QED) is 0.495. The van der Waals surface area contributed by atoms with Gasteiger partial charge in [-0.2, -0.15) is 0 Å². The molecule has 0 aromatic rings. The highest BCUT2D eigenvalue weighted by Gasteiger charge is 2.31. The molecule has 1 aliphatic heterocycles. The van der Waals surface area contributed by atoms with Crippen LogP contribution in [0, 0.1) is 0 Å². The van der Waals surface area contributed by atoms with Crippen LogP contribution in [0.3, 0.4) is 0 Å². The number of hydroxylamine groups is 2. The van der Waals surface area contributed by atoms with Crippen LogP contribution in [0.1, 0.15) is 0 Å². The largest absolute Gasteiger partial charge is 0.480 e. The molecule has 0 spiro atoms. The molecule has 0 saturated carbocycles. The van der Waals surface area contributed by atoms with Crippen LogP contribution in [0.4, 0.5) is 0 Å². The van der Waals surface area contributed by atoms with Crippen LogP contribution in [-0.4, -0.2) is 41.2 Å². The van der Waals surface area contributed by atoms with Gasteiger partial charge in [-0.3, -0.25) is 14.4 Å². The molecule has 6 heteroatoms. The number of carbonyl (C=O) groups is 2. The smallest absolute Gasteiger partial charge is 0.325 e. The van der Waals surface area contributed by atoms with E-state index in [9.17, 15) is 9.59 Å². The molecule has 3 N–H and O–H groups in total. The van der Waals surface area contributed by atoms with Crippen molar-refractivity contribution in [1.82, 2.24) is 5.06 Å². The van der Waals surface area contributed by atoms with Crippen molar-refractivity contribution in [1.29, 1.82) is 0 Å². The fourth-order valence-corrected chi connectivity index (χ4v) is 0.737. The third-order valence-corrected chi connectivity index (χ3v) is 1.25. The molecule has 11 heavy (non-hydrogen) atoms. The number of amides is 1. The lowest BCUT2D eigenvalue weighted by Gasteiger charge is -2.09. The average Bonchev–Trinajstić information content (AvgIpc) is 2.18. The van der Waals surface area contributed by atoms with Crippen molar-refractivity contribution < 1.29 is 19.5 Å². The number of carboxylic acids is 1. The van der Waals surface area contributed by atoms with E-state index in [2.05, 4.69) is 4.84 Å². The Bertz CT molecular complexity index is 193. The van der Waals surface area contributed by atoms with Crippen molar-refractivity contribution in [3.05, 3.63) is 0 Å². The third kappa shape index (κ3) is 1.66. The van der Waals surface area contributed by atoms with Crippen molar-refractivity contribution in [3.8, 4) is 0 Å². The summed E-state index contributed by atoms with van der Waals surface area (Å²) < 4.78 is 0. The van der Waals surface area contributed by atoms with Crippen LogP contribution in [0.2, 0.25) is 0 Å². The van der Waals surface area contributed by atoms with E-state index in [0.717, 1.165) is 5.06 Å². The van der Waals surface area contributed by atoms with Crippen molar-refractivity contribution in [2.75, 3.05) is 13.2 Å². The van der Waals surface area contributed by atoms with Gasteiger partial charge in [0.25, 0.3) is 5.91 Å². The second-order valence-electron chi connectivity index (χ2n) is 2.17. The first-order valence-corrected chi connectivity index (χ1v) is 3.03. The van der Waals surface area contributed by atoms with Crippen LogP contribution in [0.25, 0.3) is 0 Å². The predicted molar refractivity (Wildman–Crippen MR) is 33.3 cm³/mol. The number of nitrogens with zero attached hydrogens (tertiary/aromatic N) is 1. The molecule has 0 aromatic carbocycles. The average molecular weight is 160 g/mol. The number of nitrogens with two attached hydrogens (primary N) is 1. The first-order valence-electron chi connectivity index (χ1n) is 3.03. The van der Waals surface area contributed by atoms with E-state index < -0.39 is 24.5 Å². The summed E-state index contributed by atoms with van der Waals surface area (Å²) in [6.07, 6.45) is 0. The Labute approximate surface area is 62.5 Å². The highest BCUT2D eigenvalue weighted by molar-refractivity contribution is 5.85. The molecule has 1 saturated heterocycles. The number of carboxylic acid groups (broad SMARTS) is 1. The Morgan fingerprint density at radius 2 is 2.55 bits per heavy atom. The summed E-state index contributed by atoms with van der Waals surface area (Å²) in [5.74, 6) is -1.60. The van der Waals surface area contributed by atoms with Gasteiger partial charge in [-0.15, -0.1) is 0 Å². The Balaban J connectivity index is 2.49. The van der Waals surface area contributed by atoms with Gasteiger partial charge >= 0.3 is 5.97 Å². The lowest BCUT2D eigenvalue weighted by molar-refractivity contribution is -0.171. The third-order valence-electron chi connectivity index (χ3n) is 1.25. The molecule has 1 fully saturated rings. The molecule has 62 valence electrons. The van der Waals surface area contributed by atoms with Crippen LogP contribution in [0.5, 0.6) is 0 Å². The van der Waals surface area contributed by atoms with Crippen molar-refractivity contribution in [2.45, 2.75) is 6.04 Å². The second-order valence-corrected chi connectivity index (χ2v) is 2.17. The van der Waals surface area contributed by atoms with Crippen LogP contribution < -0.4 is 5.73 Å². The molecule has 1 rings (SSSR count). The summed E-state index contributed by atoms with van der Waals surface area (Å²) in [5.41, 5.74) is 5.24. The predicted octanol–water partition coefficient (Wildman–Crippen LogP) is -1.83. The standard InChI is InChI=1S/C5H8N2O4/c6-3-2-11-7(5(3)10)1-4(8)9/h3H,1-2,6H2,(H,8,9). The normalized spacial score (nSPS) is 24.3. The number of carbonyl (C=O) groups excluding carboxylic acids is 1. The van der Waals surface area contributed by atoms with E-state index in [-0.39, 0.29) is 6.61 Å². The van der Waals surface area contributed by atoms with Gasteiger partial charge in [0, 0.05) is 0 Å². The molecule has 1 atom stereocenters. The molecule has 6 nitrogen and oxygen atoms in total. The van der Waals surface area contributed by atoms with Crippen molar-refractivity contribution in [2.24, 2.45) is 5.73 Å². The van der Waals surface area contributed by atoms with E-state index in [1.165, 1.54) is 0 Å². The molecular formula is C5H8N2O4. The highest BCUT2D eigenvalue weighted by atomic mass is 16.7. The lowest BCUT2D eigenvalue weighted by Crippen LogP contribution is -2.36. The van der Waals surface area contributed by atoms with Gasteiger partial charge in [0.2, 0.25) is 0 Å². The van der Waals surface area contributed by atoms with Crippen molar-refractivity contribution in [3.63, 3.8) is 0 Å². The summed E-state index contributed by atoms with van der Waals surface area (Å²) in [7, 11) is 0. The van der Waals surface area contributed by atoms with E-state index in [1.54, 1.807) is 0 Å². The lowest BCUT2D eigenvalue weighted by atomic mass is 10.3. The molecule has 0 aliphatic carbocycles. The number of aliphatic carboxylic acids is 1. The Hall–Kier alpha value is -1.14. The SMILES string of the molecule is NC1CON(CC(=O)O)C1=O. The molecule has 0 radical (unpaired) electrons. The van der Waals surface area contributed by atoms with Gasteiger partial charge in [-0.1, -0.05) is 0 Å². The molecule has 1 amide bonds. The maximum absolute atomic E-state index is 10.9. The molecule has 1 unspecified atom stereocenters. The van der Waals surface area contributed by atoms with E-state index in [0.29, 0.717) is 0 Å². The maximum atomic E-state index is 10.9. The summed E-state index contributed by atoms with van der Waals surface area (Å²) in [6, 6.07) is -0.714. The summed E-state index contributed by atoms with van der Waals surface area (Å²) in [5, 5.41) is 9.02. The number of hydrogen-bond acceptors (Lipinski definition) is 4. The van der Waals surface area contributed by atoms with Gasteiger partial charge in [0.05, 0.1) is 6.61 Å². The zero-order valence-electron chi connectivity index (χ0n) is 5.69. The van der Waals surface area contributed by atoms with Crippen LogP contribution in [-0.2, 0) is 14.4 Å². The molecule has 0 bridgehead atoms. The Kier molecular flexibility index (Phi) is 2.06. The van der Waals surface area contributed by atoms with Gasteiger partial charge in [-0.05, 0) is 0 Å². The Morgan fingerprint density at radius 1 is 1.91 bits per heavy atom. The summed E-state index contributed by atoms with van der Waals surface area (Å²) in [4.78, 5) is 25.6. The minimum absolute atomic E-state index is 0.0616. The fourth-order valence-electron chi connectivity index (χ4n) is 0.737. The number of rotatable bonds is 2. The monoisotopic (exact) mass is 160 g/mol. The summed E-state index contributed by atoms with van der Waals surface area (Å²) >= 11 is 0. The maximum Gasteiger partial charge on any atom is 0.325 e. The zero-order chi connectivity index (χ0) is 8.43. The van der Waals surface area contributed by atoms with E-state index >= 15 is 0 Å². The molecule has 0 aromatic heterocycles. The highest BCUT2D eigenvalue weighted by Crippen LogP contribution is 2.04. The van der Waals surface area contributed by atoms with Crippen molar-refractivity contribution >= 4 is 11.9 Å². The summed E-state index contributed by atoms with van der Waals surface area (Å²) in [6.45, 7) is -0.390. The van der Waals surface area contributed by atoms with Gasteiger partial charge < -0.3 is 10.8 Å². The van der Waals surface area contributed by atoms with E-state index in [4.69, 9.17) is 10.8 Å². The molecule has 1 heterocycles. The molecular weight excluding hydrogens is 152 g/mol. The number of hydrogen-bond donors (Lipinski definition) is 2. The van der Waals surface area contributed by atoms with E-state index in [1.807, 2.05) is 0 Å². The first kappa shape index (κ1) is 7.96. The first-order chi connectivity index (χ1) is 5.11. The Morgan fingerprint density at radius 3 is 2.91 bits per heavy atom. The molecule has 1 aliphatic rings. The minimum atomic E-state index is -1.12. The zero-order valence-corrected chi connectivity index (χ0v) is 5.69. The minimum Gasteiger partial charge on any atom is -0.480 e. The second kappa shape index (κ2) is 2.85. The van der Waals surface area contributed by atoms with Gasteiger partial charge in [0.1, 0.15) is 12.6 Å². The van der Waals surface area contributed by atoms with Gasteiger partial charge in [-0.25, -0.2) is 5.06 Å². The van der Waals surface area contributed by atoms with Crippen LogP contribution in [0.15, 0.2) is 0 Å².